The summed E-state index contributed by atoms with van der Waals surface area (Å²) in [5.74, 6) is 5.48. The summed E-state index contributed by atoms with van der Waals surface area (Å²) in [5, 5.41) is 19.2. The molecular weight excluding hydrogens is 286 g/mol. The number of benzene rings is 1. The van der Waals surface area contributed by atoms with E-state index in [2.05, 4.69) is 22.2 Å². The molecule has 0 atom stereocenters. The maximum atomic E-state index is 12.4. The molecule has 0 saturated heterocycles. The summed E-state index contributed by atoms with van der Waals surface area (Å²) in [7, 11) is 0. The van der Waals surface area contributed by atoms with Crippen LogP contribution in [0.1, 0.15) is 10.4 Å². The van der Waals surface area contributed by atoms with E-state index >= 15 is 0 Å². The highest BCUT2D eigenvalue weighted by molar-refractivity contribution is 7.10. The predicted octanol–water partition coefficient (Wildman–Crippen LogP) is 1.25. The first kappa shape index (κ1) is 13.5. The van der Waals surface area contributed by atoms with E-state index in [0.717, 1.165) is 10.4 Å². The van der Waals surface area contributed by atoms with E-state index in [-0.39, 0.29) is 12.2 Å². The van der Waals surface area contributed by atoms with Crippen molar-refractivity contribution in [3.8, 4) is 11.8 Å². The molecule has 0 aliphatic carbocycles. The van der Waals surface area contributed by atoms with Crippen molar-refractivity contribution < 1.29 is 5.11 Å². The van der Waals surface area contributed by atoms with E-state index in [1.54, 1.807) is 18.2 Å². The third-order valence-corrected chi connectivity index (χ3v) is 3.88. The maximum absolute atomic E-state index is 12.4. The molecule has 0 aliphatic rings. The number of aliphatic hydroxyl groups is 1. The molecule has 0 radical (unpaired) electrons. The normalized spacial score (nSPS) is 10.3. The largest absolute Gasteiger partial charge is 0.384 e. The monoisotopic (exact) mass is 297 g/mol. The van der Waals surface area contributed by atoms with Gasteiger partial charge in [0.1, 0.15) is 12.1 Å². The Morgan fingerprint density at radius 3 is 3.00 bits per heavy atom. The van der Waals surface area contributed by atoms with Gasteiger partial charge in [-0.1, -0.05) is 29.2 Å². The van der Waals surface area contributed by atoms with E-state index in [1.165, 1.54) is 16.0 Å². The van der Waals surface area contributed by atoms with Crippen molar-refractivity contribution in [2.75, 3.05) is 6.61 Å². The average Bonchev–Trinajstić information content (AvgIpc) is 2.95. The summed E-state index contributed by atoms with van der Waals surface area (Å²) in [6.45, 7) is 0.134. The van der Waals surface area contributed by atoms with Gasteiger partial charge < -0.3 is 5.11 Å². The molecule has 104 valence electrons. The van der Waals surface area contributed by atoms with Crippen LogP contribution in [0.3, 0.4) is 0 Å². The second-order valence-corrected chi connectivity index (χ2v) is 5.29. The van der Waals surface area contributed by atoms with Gasteiger partial charge in [0, 0.05) is 10.4 Å². The zero-order chi connectivity index (χ0) is 14.7. The second kappa shape index (κ2) is 5.87. The molecule has 2 aromatic heterocycles. The summed E-state index contributed by atoms with van der Waals surface area (Å²) >= 11 is 1.50. The highest BCUT2D eigenvalue weighted by atomic mass is 32.1. The van der Waals surface area contributed by atoms with Gasteiger partial charge in [0.05, 0.1) is 11.9 Å². The fourth-order valence-corrected chi connectivity index (χ4v) is 2.78. The van der Waals surface area contributed by atoms with Gasteiger partial charge >= 0.3 is 0 Å². The number of aromatic nitrogens is 3. The zero-order valence-corrected chi connectivity index (χ0v) is 11.8. The van der Waals surface area contributed by atoms with Crippen LogP contribution in [0.25, 0.3) is 10.9 Å². The van der Waals surface area contributed by atoms with Crippen molar-refractivity contribution in [3.63, 3.8) is 0 Å². The standard InChI is InChI=1S/C15H11N3O2S/c19-8-3-4-11-7-9-21-14(11)10-18-15(20)12-5-1-2-6-13(12)16-17-18/h1-2,5-7,9,19H,8,10H2. The third kappa shape index (κ3) is 2.70. The lowest BCUT2D eigenvalue weighted by Crippen LogP contribution is -2.24. The van der Waals surface area contributed by atoms with Gasteiger partial charge in [-0.15, -0.1) is 16.4 Å². The molecular formula is C15H11N3O2S. The fourth-order valence-electron chi connectivity index (χ4n) is 1.97. The number of fused-ring (bicyclic) bond motifs is 1. The maximum Gasteiger partial charge on any atom is 0.277 e. The molecule has 1 N–H and O–H groups in total. The van der Waals surface area contributed by atoms with Gasteiger partial charge in [0.15, 0.2) is 0 Å². The van der Waals surface area contributed by atoms with Crippen molar-refractivity contribution in [3.05, 3.63) is 56.5 Å². The number of thiophene rings is 1. The van der Waals surface area contributed by atoms with Gasteiger partial charge in [0.25, 0.3) is 5.56 Å². The van der Waals surface area contributed by atoms with Gasteiger partial charge in [0.2, 0.25) is 0 Å². The molecule has 3 aromatic rings. The van der Waals surface area contributed by atoms with Crippen LogP contribution in [0.2, 0.25) is 0 Å². The minimum Gasteiger partial charge on any atom is -0.384 e. The third-order valence-electron chi connectivity index (χ3n) is 2.97. The van der Waals surface area contributed by atoms with Gasteiger partial charge in [-0.25, -0.2) is 4.68 Å². The fraction of sp³-hybridized carbons (Fsp3) is 0.133. The summed E-state index contributed by atoms with van der Waals surface area (Å²) in [6.07, 6.45) is 0. The van der Waals surface area contributed by atoms with Crippen LogP contribution < -0.4 is 5.56 Å². The number of rotatable bonds is 2. The van der Waals surface area contributed by atoms with E-state index in [9.17, 15) is 4.79 Å². The minimum absolute atomic E-state index is 0.171. The van der Waals surface area contributed by atoms with Crippen molar-refractivity contribution in [2.24, 2.45) is 0 Å². The quantitative estimate of drug-likeness (QED) is 0.723. The number of aliphatic hydroxyl groups excluding tert-OH is 1. The van der Waals surface area contributed by atoms with Crippen molar-refractivity contribution in [2.45, 2.75) is 6.54 Å². The van der Waals surface area contributed by atoms with Crippen molar-refractivity contribution in [1.82, 2.24) is 15.0 Å². The van der Waals surface area contributed by atoms with E-state index < -0.39 is 0 Å². The summed E-state index contributed by atoms with van der Waals surface area (Å²) < 4.78 is 1.33. The minimum atomic E-state index is -0.189. The Kier molecular flexibility index (Phi) is 3.77. The van der Waals surface area contributed by atoms with Gasteiger partial charge in [-0.3, -0.25) is 4.79 Å². The molecule has 0 fully saturated rings. The van der Waals surface area contributed by atoms with Crippen LogP contribution in [0.15, 0.2) is 40.5 Å². The number of hydrogen-bond donors (Lipinski definition) is 1. The first-order valence-electron chi connectivity index (χ1n) is 6.28. The molecule has 21 heavy (non-hydrogen) atoms. The number of hydrogen-bond acceptors (Lipinski definition) is 5. The zero-order valence-electron chi connectivity index (χ0n) is 11.0. The van der Waals surface area contributed by atoms with Crippen LogP contribution in [-0.4, -0.2) is 26.7 Å². The highest BCUT2D eigenvalue weighted by Crippen LogP contribution is 2.16. The Hall–Kier alpha value is -2.49. The first-order chi connectivity index (χ1) is 10.3. The Bertz CT molecular complexity index is 902. The molecule has 6 heteroatoms. The topological polar surface area (TPSA) is 68.0 Å². The van der Waals surface area contributed by atoms with Crippen molar-refractivity contribution in [1.29, 1.82) is 0 Å². The lowest BCUT2D eigenvalue weighted by Gasteiger charge is -2.03. The lowest BCUT2D eigenvalue weighted by atomic mass is 10.2. The lowest BCUT2D eigenvalue weighted by molar-refractivity contribution is 0.350. The molecule has 5 nitrogen and oxygen atoms in total. The van der Waals surface area contributed by atoms with Crippen LogP contribution >= 0.6 is 11.3 Å². The van der Waals surface area contributed by atoms with E-state index in [1.807, 2.05) is 17.5 Å². The van der Waals surface area contributed by atoms with Crippen molar-refractivity contribution >= 4 is 22.2 Å². The van der Waals surface area contributed by atoms with Crippen LogP contribution in [0.5, 0.6) is 0 Å². The Morgan fingerprint density at radius 2 is 2.14 bits per heavy atom. The van der Waals surface area contributed by atoms with Gasteiger partial charge in [-0.2, -0.15) is 0 Å². The molecule has 0 spiro atoms. The Morgan fingerprint density at radius 1 is 1.29 bits per heavy atom. The van der Waals surface area contributed by atoms with E-state index in [4.69, 9.17) is 5.11 Å². The molecule has 0 bridgehead atoms. The van der Waals surface area contributed by atoms with E-state index in [0.29, 0.717) is 17.4 Å². The SMILES string of the molecule is O=c1c2ccccc2nnn1Cc1sccc1C#CCO. The number of nitrogens with zero attached hydrogens (tertiary/aromatic N) is 3. The summed E-state index contributed by atoms with van der Waals surface area (Å²) in [4.78, 5) is 13.3. The molecule has 0 unspecified atom stereocenters. The molecule has 0 aliphatic heterocycles. The molecule has 0 saturated carbocycles. The Balaban J connectivity index is 2.01. The molecule has 1 aromatic carbocycles. The second-order valence-electron chi connectivity index (χ2n) is 4.29. The molecule has 0 amide bonds. The first-order valence-corrected chi connectivity index (χ1v) is 7.16. The van der Waals surface area contributed by atoms with Crippen LogP contribution in [0.4, 0.5) is 0 Å². The average molecular weight is 297 g/mol. The van der Waals surface area contributed by atoms with Crippen LogP contribution in [0, 0.1) is 11.8 Å². The molecule has 2 heterocycles. The predicted molar refractivity (Wildman–Crippen MR) is 81.2 cm³/mol. The highest BCUT2D eigenvalue weighted by Gasteiger charge is 2.08. The van der Waals surface area contributed by atoms with Crippen LogP contribution in [-0.2, 0) is 6.54 Å². The summed E-state index contributed by atoms with van der Waals surface area (Å²) in [6, 6.07) is 8.99. The van der Waals surface area contributed by atoms with Gasteiger partial charge in [-0.05, 0) is 23.6 Å². The smallest absolute Gasteiger partial charge is 0.277 e. The Labute approximate surface area is 124 Å². The molecule has 3 rings (SSSR count). The summed E-state index contributed by atoms with van der Waals surface area (Å²) in [5.41, 5.74) is 1.22.